The Morgan fingerprint density at radius 1 is 0.756 bits per heavy atom. The summed E-state index contributed by atoms with van der Waals surface area (Å²) in [6.45, 7) is 18.3. The molecule has 2 spiro atoms. The molecule has 4 aliphatic rings. The highest BCUT2D eigenvalue weighted by atomic mass is 16.6. The molecule has 5 rings (SSSR count). The molecule has 0 aromatic heterocycles. The monoisotopic (exact) mass is 570 g/mol. The third kappa shape index (κ3) is 8.38. The molecule has 2 amide bonds. The number of rotatable bonds is 2. The highest BCUT2D eigenvalue weighted by Crippen LogP contribution is 2.39. The Morgan fingerprint density at radius 2 is 1.27 bits per heavy atom. The third-order valence-electron chi connectivity index (χ3n) is 8.75. The lowest BCUT2D eigenvalue weighted by atomic mass is 9.86. The lowest BCUT2D eigenvalue weighted by Crippen LogP contribution is -2.57. The molecule has 2 unspecified atom stereocenters. The van der Waals surface area contributed by atoms with E-state index in [-0.39, 0.29) is 23.3 Å². The summed E-state index contributed by atoms with van der Waals surface area (Å²) in [5, 5.41) is 3.42. The van der Waals surface area contributed by atoms with Gasteiger partial charge in [0.25, 0.3) is 0 Å². The first kappa shape index (κ1) is 31.6. The van der Waals surface area contributed by atoms with Crippen LogP contribution in [-0.4, -0.2) is 88.4 Å². The van der Waals surface area contributed by atoms with Crippen molar-refractivity contribution in [3.05, 3.63) is 35.9 Å². The van der Waals surface area contributed by atoms with Crippen molar-refractivity contribution in [1.82, 2.24) is 20.0 Å². The van der Waals surface area contributed by atoms with Gasteiger partial charge in [0.15, 0.2) is 0 Å². The van der Waals surface area contributed by atoms with Gasteiger partial charge in [-0.1, -0.05) is 30.3 Å². The van der Waals surface area contributed by atoms with E-state index in [4.69, 9.17) is 9.47 Å². The van der Waals surface area contributed by atoms with E-state index in [0.717, 1.165) is 97.2 Å². The minimum atomic E-state index is -0.431. The normalized spacial score (nSPS) is 27.1. The fourth-order valence-corrected chi connectivity index (χ4v) is 7.08. The Morgan fingerprint density at radius 3 is 1.80 bits per heavy atom. The van der Waals surface area contributed by atoms with Gasteiger partial charge in [0.05, 0.1) is 11.1 Å². The minimum absolute atomic E-state index is 0.0284. The topological polar surface area (TPSA) is 74.4 Å². The van der Waals surface area contributed by atoms with Crippen molar-refractivity contribution in [3.63, 3.8) is 0 Å². The van der Waals surface area contributed by atoms with Crippen molar-refractivity contribution in [2.75, 3.05) is 39.3 Å². The fourth-order valence-electron chi connectivity index (χ4n) is 7.08. The maximum Gasteiger partial charge on any atom is 0.410 e. The number of ether oxygens (including phenoxy) is 2. The van der Waals surface area contributed by atoms with Gasteiger partial charge in [-0.2, -0.15) is 0 Å². The number of piperidine rings is 2. The fraction of sp³-hybridized carbons (Fsp3) is 0.758. The minimum Gasteiger partial charge on any atom is -0.444 e. The zero-order valence-electron chi connectivity index (χ0n) is 26.5. The Kier molecular flexibility index (Phi) is 9.95. The lowest BCUT2D eigenvalue weighted by molar-refractivity contribution is -0.0115. The molecule has 0 saturated carbocycles. The average Bonchev–Trinajstić information content (AvgIpc) is 3.48. The number of nitrogens with one attached hydrogen (secondary N) is 1. The lowest BCUT2D eigenvalue weighted by Gasteiger charge is -2.46. The van der Waals surface area contributed by atoms with Crippen molar-refractivity contribution < 1.29 is 19.1 Å². The van der Waals surface area contributed by atoms with Gasteiger partial charge < -0.3 is 24.6 Å². The second-order valence-electron chi connectivity index (χ2n) is 14.5. The second kappa shape index (κ2) is 12.9. The number of hydrogen-bond donors (Lipinski definition) is 1. The largest absolute Gasteiger partial charge is 0.444 e. The Balaban J connectivity index is 0.000000201. The van der Waals surface area contributed by atoms with Crippen LogP contribution >= 0.6 is 0 Å². The molecular weight excluding hydrogens is 516 g/mol. The van der Waals surface area contributed by atoms with Gasteiger partial charge in [0.2, 0.25) is 0 Å². The Hall–Kier alpha value is -2.32. The zero-order chi connectivity index (χ0) is 29.7. The van der Waals surface area contributed by atoms with Crippen LogP contribution in [0.4, 0.5) is 9.59 Å². The summed E-state index contributed by atoms with van der Waals surface area (Å²) in [4.78, 5) is 31.4. The van der Waals surface area contributed by atoms with E-state index in [0.29, 0.717) is 0 Å². The summed E-state index contributed by atoms with van der Waals surface area (Å²) in [6, 6.07) is 10.6. The van der Waals surface area contributed by atoms with Crippen LogP contribution in [0.5, 0.6) is 0 Å². The molecule has 0 aliphatic carbocycles. The summed E-state index contributed by atoms with van der Waals surface area (Å²) in [6.07, 6.45) is 8.61. The quantitative estimate of drug-likeness (QED) is 0.457. The van der Waals surface area contributed by atoms with Gasteiger partial charge in [-0.15, -0.1) is 0 Å². The predicted molar refractivity (Wildman–Crippen MR) is 163 cm³/mol. The number of likely N-dealkylation sites (tertiary alicyclic amines) is 3. The van der Waals surface area contributed by atoms with E-state index < -0.39 is 11.2 Å². The third-order valence-corrected chi connectivity index (χ3v) is 8.75. The first-order valence-corrected chi connectivity index (χ1v) is 15.8. The molecule has 1 aromatic rings. The predicted octanol–water partition coefficient (Wildman–Crippen LogP) is 6.19. The van der Waals surface area contributed by atoms with Crippen LogP contribution in [-0.2, 0) is 16.0 Å². The summed E-state index contributed by atoms with van der Waals surface area (Å²) in [7, 11) is 0. The number of carbonyl (C=O) groups excluding carboxylic acids is 2. The first-order chi connectivity index (χ1) is 19.3. The highest BCUT2D eigenvalue weighted by Gasteiger charge is 2.48. The van der Waals surface area contributed by atoms with E-state index in [1.165, 1.54) is 5.56 Å². The first-order valence-electron chi connectivity index (χ1n) is 15.8. The van der Waals surface area contributed by atoms with Crippen LogP contribution in [0, 0.1) is 0 Å². The molecule has 0 bridgehead atoms. The number of nitrogens with zero attached hydrogens (tertiary/aromatic N) is 3. The molecule has 1 N–H and O–H groups in total. The van der Waals surface area contributed by atoms with Gasteiger partial charge in [0, 0.05) is 32.7 Å². The molecule has 4 aliphatic heterocycles. The highest BCUT2D eigenvalue weighted by molar-refractivity contribution is 5.70. The van der Waals surface area contributed by atoms with E-state index >= 15 is 0 Å². The molecule has 2 atom stereocenters. The molecule has 8 heteroatoms. The van der Waals surface area contributed by atoms with Gasteiger partial charge in [-0.05, 0) is 112 Å². The number of amides is 2. The standard InChI is InChI=1S/C20H30N2O2.C13H24N2O2/c1-19(2,3)24-18(23)22-14-8-12-20(22)11-7-13-21(16-20)15-17-9-5-4-6-10-17;1-12(2,3)17-11(16)15-9-5-7-13(15)6-4-8-14-10-13/h4-6,9-10H,7-8,11-16H2,1-3H3;14H,4-10H2,1-3H3. The summed E-state index contributed by atoms with van der Waals surface area (Å²) in [5.74, 6) is 0. The smallest absolute Gasteiger partial charge is 0.410 e. The van der Waals surface area contributed by atoms with Crippen LogP contribution in [0.2, 0.25) is 0 Å². The molecular formula is C33H54N4O4. The van der Waals surface area contributed by atoms with E-state index in [2.05, 4.69) is 40.5 Å². The molecule has 1 aromatic carbocycles. The summed E-state index contributed by atoms with van der Waals surface area (Å²) < 4.78 is 11.2. The number of hydrogen-bond acceptors (Lipinski definition) is 6. The second-order valence-corrected chi connectivity index (χ2v) is 14.5. The van der Waals surface area contributed by atoms with Crippen molar-refractivity contribution >= 4 is 12.2 Å². The van der Waals surface area contributed by atoms with Gasteiger partial charge in [-0.3, -0.25) is 4.90 Å². The van der Waals surface area contributed by atoms with E-state index in [1.807, 2.05) is 51.3 Å². The van der Waals surface area contributed by atoms with Gasteiger partial charge in [0.1, 0.15) is 11.2 Å². The number of carbonyl (C=O) groups is 2. The van der Waals surface area contributed by atoms with Crippen molar-refractivity contribution in [1.29, 1.82) is 0 Å². The van der Waals surface area contributed by atoms with Gasteiger partial charge >= 0.3 is 12.2 Å². The molecule has 4 fully saturated rings. The maximum absolute atomic E-state index is 12.7. The van der Waals surface area contributed by atoms with Crippen molar-refractivity contribution in [2.24, 2.45) is 0 Å². The van der Waals surface area contributed by atoms with Crippen LogP contribution in [0.25, 0.3) is 0 Å². The summed E-state index contributed by atoms with van der Waals surface area (Å²) in [5.41, 5.74) is 0.509. The van der Waals surface area contributed by atoms with Crippen LogP contribution in [0.1, 0.15) is 98.5 Å². The maximum atomic E-state index is 12.7. The molecule has 41 heavy (non-hydrogen) atoms. The SMILES string of the molecule is CC(C)(C)OC(=O)N1CCCC12CCCN(Cc1ccccc1)C2.CC(C)(C)OC(=O)N1CCCC12CCCNC2. The zero-order valence-corrected chi connectivity index (χ0v) is 26.5. The van der Waals surface area contributed by atoms with Crippen LogP contribution < -0.4 is 5.32 Å². The molecule has 4 saturated heterocycles. The average molecular weight is 571 g/mol. The van der Waals surface area contributed by atoms with E-state index in [1.54, 1.807) is 0 Å². The Bertz CT molecular complexity index is 1010. The van der Waals surface area contributed by atoms with Crippen molar-refractivity contribution in [2.45, 2.75) is 122 Å². The molecule has 230 valence electrons. The number of benzene rings is 1. The molecule has 0 radical (unpaired) electrons. The molecule has 8 nitrogen and oxygen atoms in total. The Labute approximate surface area is 248 Å². The van der Waals surface area contributed by atoms with Crippen LogP contribution in [0.3, 0.4) is 0 Å². The molecule has 4 heterocycles. The van der Waals surface area contributed by atoms with Gasteiger partial charge in [-0.25, -0.2) is 9.59 Å². The summed E-state index contributed by atoms with van der Waals surface area (Å²) >= 11 is 0. The van der Waals surface area contributed by atoms with Crippen LogP contribution in [0.15, 0.2) is 30.3 Å². The van der Waals surface area contributed by atoms with Crippen molar-refractivity contribution in [3.8, 4) is 0 Å². The van der Waals surface area contributed by atoms with E-state index in [9.17, 15) is 9.59 Å².